The molecule has 0 aliphatic heterocycles. The average molecular weight is 165 g/mol. The smallest absolute Gasteiger partial charge is 0.0223 e. The molecule has 1 heteroatoms. The zero-order valence-corrected chi connectivity index (χ0v) is 7.87. The van der Waals surface area contributed by atoms with Gasteiger partial charge in [-0.15, -0.1) is 6.58 Å². The van der Waals surface area contributed by atoms with Crippen molar-refractivity contribution in [2.45, 2.75) is 25.8 Å². The maximum absolute atomic E-state index is 5.72. The molecule has 0 amide bonds. The summed E-state index contributed by atoms with van der Waals surface area (Å²) in [5.41, 5.74) is 5.72. The van der Waals surface area contributed by atoms with Gasteiger partial charge in [0.05, 0.1) is 0 Å². The molecule has 12 heavy (non-hydrogen) atoms. The highest BCUT2D eigenvalue weighted by molar-refractivity contribution is 4.98. The van der Waals surface area contributed by atoms with E-state index in [1.807, 2.05) is 6.08 Å². The van der Waals surface area contributed by atoms with Crippen LogP contribution in [0.25, 0.3) is 0 Å². The quantitative estimate of drug-likeness (QED) is 0.475. The van der Waals surface area contributed by atoms with Gasteiger partial charge >= 0.3 is 0 Å². The fourth-order valence-corrected chi connectivity index (χ4v) is 1.06. The Morgan fingerprint density at radius 1 is 1.42 bits per heavy atom. The van der Waals surface area contributed by atoms with Crippen molar-refractivity contribution in [3.63, 3.8) is 0 Å². The van der Waals surface area contributed by atoms with Gasteiger partial charge in [0.15, 0.2) is 0 Å². The molecule has 0 spiro atoms. The first-order valence-corrected chi connectivity index (χ1v) is 4.36. The monoisotopic (exact) mass is 165 g/mol. The molecule has 0 saturated carbocycles. The molecule has 0 aromatic heterocycles. The lowest BCUT2D eigenvalue weighted by Crippen LogP contribution is -2.19. The maximum Gasteiger partial charge on any atom is 0.0223 e. The Labute approximate surface area is 75.7 Å². The third-order valence-corrected chi connectivity index (χ3v) is 1.79. The van der Waals surface area contributed by atoms with Gasteiger partial charge in [0.25, 0.3) is 0 Å². The summed E-state index contributed by atoms with van der Waals surface area (Å²) in [6.07, 6.45) is 9.75. The van der Waals surface area contributed by atoms with Gasteiger partial charge in [-0.25, -0.2) is 0 Å². The Hall–Kier alpha value is -0.820. The summed E-state index contributed by atoms with van der Waals surface area (Å²) < 4.78 is 0. The van der Waals surface area contributed by atoms with Crippen LogP contribution in [0, 0.1) is 5.92 Å². The molecule has 0 aliphatic carbocycles. The maximum atomic E-state index is 5.72. The summed E-state index contributed by atoms with van der Waals surface area (Å²) in [7, 11) is 0. The predicted molar refractivity (Wildman–Crippen MR) is 55.9 cm³/mol. The molecule has 2 unspecified atom stereocenters. The van der Waals surface area contributed by atoms with Crippen LogP contribution in [-0.2, 0) is 0 Å². The number of allylic oxidation sites excluding steroid dienone is 3. The molecule has 1 nitrogen and oxygen atoms in total. The molecule has 0 fully saturated rings. The third kappa shape index (κ3) is 5.93. The fraction of sp³-hybridized carbons (Fsp3) is 0.455. The molecule has 68 valence electrons. The van der Waals surface area contributed by atoms with Gasteiger partial charge in [-0.2, -0.15) is 0 Å². The SMILES string of the molecule is C=C/C=C\CC(C)CC(N)C=C. The van der Waals surface area contributed by atoms with Crippen LogP contribution in [0.3, 0.4) is 0 Å². The first-order valence-electron chi connectivity index (χ1n) is 4.36. The van der Waals surface area contributed by atoms with Crippen LogP contribution in [0.2, 0.25) is 0 Å². The predicted octanol–water partition coefficient (Wildman–Crippen LogP) is 2.66. The standard InChI is InChI=1S/C11H19N/c1-4-6-7-8-10(3)9-11(12)5-2/h4-7,10-11H,1-2,8-9,12H2,3H3/b7-6-. The zero-order valence-electron chi connectivity index (χ0n) is 7.87. The van der Waals surface area contributed by atoms with Crippen LogP contribution in [0.4, 0.5) is 0 Å². The zero-order chi connectivity index (χ0) is 9.40. The van der Waals surface area contributed by atoms with Gasteiger partial charge in [-0.05, 0) is 18.8 Å². The fourth-order valence-electron chi connectivity index (χ4n) is 1.06. The highest BCUT2D eigenvalue weighted by Crippen LogP contribution is 2.10. The third-order valence-electron chi connectivity index (χ3n) is 1.79. The first-order chi connectivity index (χ1) is 5.70. The summed E-state index contributed by atoms with van der Waals surface area (Å²) in [4.78, 5) is 0. The first kappa shape index (κ1) is 11.2. The van der Waals surface area contributed by atoms with E-state index in [1.54, 1.807) is 12.2 Å². The highest BCUT2D eigenvalue weighted by Gasteiger charge is 2.03. The summed E-state index contributed by atoms with van der Waals surface area (Å²) in [5.74, 6) is 0.620. The second-order valence-corrected chi connectivity index (χ2v) is 3.14. The number of hydrogen-bond acceptors (Lipinski definition) is 1. The van der Waals surface area contributed by atoms with Crippen LogP contribution in [0.5, 0.6) is 0 Å². The summed E-state index contributed by atoms with van der Waals surface area (Å²) in [6, 6.07) is 0.136. The van der Waals surface area contributed by atoms with E-state index in [4.69, 9.17) is 5.73 Å². The minimum atomic E-state index is 0.136. The lowest BCUT2D eigenvalue weighted by atomic mass is 9.99. The number of hydrogen-bond donors (Lipinski definition) is 1. The molecule has 0 aromatic rings. The van der Waals surface area contributed by atoms with E-state index in [2.05, 4.69) is 26.2 Å². The summed E-state index contributed by atoms with van der Waals surface area (Å²) >= 11 is 0. The molecule has 0 radical (unpaired) electrons. The lowest BCUT2D eigenvalue weighted by Gasteiger charge is -2.11. The Kier molecular flexibility index (Phi) is 6.39. The van der Waals surface area contributed by atoms with Gasteiger partial charge in [0.1, 0.15) is 0 Å². The Morgan fingerprint density at radius 3 is 2.58 bits per heavy atom. The molecule has 2 N–H and O–H groups in total. The molecule has 0 aliphatic rings. The van der Waals surface area contributed by atoms with Crippen molar-refractivity contribution >= 4 is 0 Å². The van der Waals surface area contributed by atoms with E-state index in [1.165, 1.54) is 0 Å². The van der Waals surface area contributed by atoms with Crippen molar-refractivity contribution in [1.29, 1.82) is 0 Å². The number of rotatable bonds is 6. The van der Waals surface area contributed by atoms with E-state index >= 15 is 0 Å². The molecule has 0 rings (SSSR count). The topological polar surface area (TPSA) is 26.0 Å². The van der Waals surface area contributed by atoms with E-state index in [-0.39, 0.29) is 6.04 Å². The van der Waals surface area contributed by atoms with Crippen LogP contribution >= 0.6 is 0 Å². The second kappa shape index (κ2) is 6.86. The van der Waals surface area contributed by atoms with E-state index in [0.29, 0.717) is 5.92 Å². The highest BCUT2D eigenvalue weighted by atomic mass is 14.6. The summed E-state index contributed by atoms with van der Waals surface area (Å²) in [6.45, 7) is 9.45. The van der Waals surface area contributed by atoms with Gasteiger partial charge < -0.3 is 5.73 Å². The van der Waals surface area contributed by atoms with E-state index < -0.39 is 0 Å². The summed E-state index contributed by atoms with van der Waals surface area (Å²) in [5, 5.41) is 0. The van der Waals surface area contributed by atoms with Crippen LogP contribution in [0.15, 0.2) is 37.5 Å². The molecular weight excluding hydrogens is 146 g/mol. The minimum Gasteiger partial charge on any atom is -0.324 e. The average Bonchev–Trinajstić information content (AvgIpc) is 2.05. The van der Waals surface area contributed by atoms with Gasteiger partial charge in [0, 0.05) is 6.04 Å². The molecule has 0 heterocycles. The van der Waals surface area contributed by atoms with Gasteiger partial charge in [0.2, 0.25) is 0 Å². The van der Waals surface area contributed by atoms with E-state index in [0.717, 1.165) is 12.8 Å². The molecule has 0 bridgehead atoms. The van der Waals surface area contributed by atoms with Crippen molar-refractivity contribution < 1.29 is 0 Å². The Morgan fingerprint density at radius 2 is 2.08 bits per heavy atom. The van der Waals surface area contributed by atoms with Gasteiger partial charge in [-0.1, -0.05) is 37.8 Å². The number of nitrogens with two attached hydrogens (primary N) is 1. The van der Waals surface area contributed by atoms with Gasteiger partial charge in [-0.3, -0.25) is 0 Å². The molecule has 0 aromatic carbocycles. The minimum absolute atomic E-state index is 0.136. The van der Waals surface area contributed by atoms with Crippen molar-refractivity contribution in [3.05, 3.63) is 37.5 Å². The van der Waals surface area contributed by atoms with Crippen molar-refractivity contribution in [1.82, 2.24) is 0 Å². The normalized spacial score (nSPS) is 15.8. The largest absolute Gasteiger partial charge is 0.324 e. The van der Waals surface area contributed by atoms with Crippen molar-refractivity contribution in [3.8, 4) is 0 Å². The second-order valence-electron chi connectivity index (χ2n) is 3.14. The Balaban J connectivity index is 3.58. The molecular formula is C11H19N. The lowest BCUT2D eigenvalue weighted by molar-refractivity contribution is 0.509. The van der Waals surface area contributed by atoms with Crippen molar-refractivity contribution in [2.24, 2.45) is 11.7 Å². The molecule has 0 saturated heterocycles. The Bertz CT molecular complexity index is 158. The van der Waals surface area contributed by atoms with Crippen molar-refractivity contribution in [2.75, 3.05) is 0 Å². The van der Waals surface area contributed by atoms with Crippen LogP contribution < -0.4 is 5.73 Å². The van der Waals surface area contributed by atoms with Crippen LogP contribution in [0.1, 0.15) is 19.8 Å². The van der Waals surface area contributed by atoms with Crippen LogP contribution in [-0.4, -0.2) is 6.04 Å². The van der Waals surface area contributed by atoms with E-state index in [9.17, 15) is 0 Å². The molecule has 2 atom stereocenters.